The summed E-state index contributed by atoms with van der Waals surface area (Å²) in [4.78, 5) is 33.8. The summed E-state index contributed by atoms with van der Waals surface area (Å²) in [7, 11) is 0. The lowest BCUT2D eigenvalue weighted by Crippen LogP contribution is -2.42. The third-order valence-corrected chi connectivity index (χ3v) is 3.00. The highest BCUT2D eigenvalue weighted by molar-refractivity contribution is 5.84. The summed E-state index contributed by atoms with van der Waals surface area (Å²) >= 11 is 0. The molecule has 1 aliphatic heterocycles. The normalized spacial score (nSPS) is 21.9. The maximum absolute atomic E-state index is 12.0. The van der Waals surface area contributed by atoms with E-state index in [-0.39, 0.29) is 19.5 Å². The number of aliphatic hydroxyl groups is 1. The van der Waals surface area contributed by atoms with Crippen molar-refractivity contribution in [3.8, 4) is 0 Å². The van der Waals surface area contributed by atoms with Gasteiger partial charge < -0.3 is 25.2 Å². The Bertz CT molecular complexity index is 556. The molecule has 108 valence electrons. The van der Waals surface area contributed by atoms with Gasteiger partial charge in [0.2, 0.25) is 5.91 Å². The fourth-order valence-corrected chi connectivity index (χ4v) is 2.09. The molecule has 0 spiro atoms. The summed E-state index contributed by atoms with van der Waals surface area (Å²) in [5, 5.41) is 32.5. The van der Waals surface area contributed by atoms with Crippen LogP contribution >= 0.6 is 0 Å². The molecule has 0 aliphatic carbocycles. The molecule has 2 rings (SSSR count). The van der Waals surface area contributed by atoms with Crippen LogP contribution in [0.15, 0.2) is 12.3 Å². The van der Waals surface area contributed by atoms with E-state index in [0.29, 0.717) is 0 Å². The van der Waals surface area contributed by atoms with E-state index < -0.39 is 34.8 Å². The SMILES string of the molecule is O=C(O)C1CC(O)CN1C(=O)Cn1ccc([N+](=O)[O-])n1. The smallest absolute Gasteiger partial charge is 0.389 e. The average Bonchev–Trinajstić information content (AvgIpc) is 2.95. The molecule has 20 heavy (non-hydrogen) atoms. The standard InChI is InChI=1S/C10H12N4O6/c15-6-3-7(10(17)18)13(4-6)9(16)5-12-2-1-8(11-12)14(19)20/h1-2,6-7,15H,3-5H2,(H,17,18). The molecule has 1 aromatic rings. The van der Waals surface area contributed by atoms with Gasteiger partial charge >= 0.3 is 11.8 Å². The van der Waals surface area contributed by atoms with E-state index in [1.807, 2.05) is 0 Å². The van der Waals surface area contributed by atoms with Crippen molar-refractivity contribution in [3.63, 3.8) is 0 Å². The summed E-state index contributed by atoms with van der Waals surface area (Å²) in [5.41, 5.74) is 0. The molecule has 1 amide bonds. The first kappa shape index (κ1) is 13.9. The lowest BCUT2D eigenvalue weighted by atomic mass is 10.2. The van der Waals surface area contributed by atoms with Crippen LogP contribution in [0.5, 0.6) is 0 Å². The number of hydrogen-bond acceptors (Lipinski definition) is 6. The van der Waals surface area contributed by atoms with Crippen LogP contribution in [0.4, 0.5) is 5.82 Å². The summed E-state index contributed by atoms with van der Waals surface area (Å²) in [6.45, 7) is -0.385. The number of amides is 1. The van der Waals surface area contributed by atoms with E-state index in [4.69, 9.17) is 5.11 Å². The Morgan fingerprint density at radius 3 is 2.80 bits per heavy atom. The Kier molecular flexibility index (Phi) is 3.66. The van der Waals surface area contributed by atoms with Gasteiger partial charge in [-0.25, -0.2) is 4.79 Å². The number of hydrogen-bond donors (Lipinski definition) is 2. The zero-order chi connectivity index (χ0) is 14.9. The van der Waals surface area contributed by atoms with Crippen molar-refractivity contribution in [1.29, 1.82) is 0 Å². The number of rotatable bonds is 4. The van der Waals surface area contributed by atoms with Crippen LogP contribution in [-0.2, 0) is 16.1 Å². The van der Waals surface area contributed by atoms with Gasteiger partial charge in [-0.15, -0.1) is 0 Å². The number of carboxylic acids is 1. The van der Waals surface area contributed by atoms with Gasteiger partial charge in [-0.3, -0.25) is 4.79 Å². The van der Waals surface area contributed by atoms with Gasteiger partial charge in [-0.2, -0.15) is 4.68 Å². The number of nitrogens with zero attached hydrogens (tertiary/aromatic N) is 4. The number of carboxylic acid groups (broad SMARTS) is 1. The number of β-amino-alcohol motifs (C(OH)–C–C–N with tert-alkyl or cyclic N) is 1. The second-order valence-corrected chi connectivity index (χ2v) is 4.42. The molecule has 1 saturated heterocycles. The first-order chi connectivity index (χ1) is 9.38. The van der Waals surface area contributed by atoms with Crippen molar-refractivity contribution in [1.82, 2.24) is 14.7 Å². The molecule has 1 fully saturated rings. The van der Waals surface area contributed by atoms with Crippen molar-refractivity contribution in [2.45, 2.75) is 25.1 Å². The average molecular weight is 284 g/mol. The molecule has 2 atom stereocenters. The summed E-state index contributed by atoms with van der Waals surface area (Å²) in [6, 6.07) is 0.0592. The second kappa shape index (κ2) is 5.25. The number of carbonyl (C=O) groups excluding carboxylic acids is 1. The monoisotopic (exact) mass is 284 g/mol. The van der Waals surface area contributed by atoms with Crippen LogP contribution in [-0.4, -0.2) is 60.4 Å². The van der Waals surface area contributed by atoms with Crippen molar-refractivity contribution in [2.24, 2.45) is 0 Å². The van der Waals surface area contributed by atoms with E-state index in [2.05, 4.69) is 5.10 Å². The maximum Gasteiger partial charge on any atom is 0.389 e. The summed E-state index contributed by atoms with van der Waals surface area (Å²) in [5.74, 6) is -2.15. The van der Waals surface area contributed by atoms with Crippen LogP contribution in [0.1, 0.15) is 6.42 Å². The van der Waals surface area contributed by atoms with Crippen molar-refractivity contribution >= 4 is 17.7 Å². The topological polar surface area (TPSA) is 139 Å². The predicted octanol–water partition coefficient (Wildman–Crippen LogP) is -1.16. The number of carbonyl (C=O) groups is 2. The molecular weight excluding hydrogens is 272 g/mol. The Labute approximate surface area is 112 Å². The molecule has 2 N–H and O–H groups in total. The lowest BCUT2D eigenvalue weighted by Gasteiger charge is -2.20. The Morgan fingerprint density at radius 2 is 2.25 bits per heavy atom. The largest absolute Gasteiger partial charge is 0.480 e. The molecule has 1 aliphatic rings. The van der Waals surface area contributed by atoms with Gasteiger partial charge in [-0.05, 0) is 4.92 Å². The Balaban J connectivity index is 2.07. The number of aromatic nitrogens is 2. The molecule has 10 nitrogen and oxygen atoms in total. The van der Waals surface area contributed by atoms with E-state index in [1.54, 1.807) is 0 Å². The molecule has 0 aromatic carbocycles. The minimum Gasteiger partial charge on any atom is -0.480 e. The summed E-state index contributed by atoms with van der Waals surface area (Å²) in [6.07, 6.45) is 0.352. The van der Waals surface area contributed by atoms with Crippen molar-refractivity contribution in [2.75, 3.05) is 6.54 Å². The van der Waals surface area contributed by atoms with Gasteiger partial charge in [0.25, 0.3) is 0 Å². The van der Waals surface area contributed by atoms with Crippen LogP contribution < -0.4 is 0 Å². The number of likely N-dealkylation sites (tertiary alicyclic amines) is 1. The van der Waals surface area contributed by atoms with E-state index in [1.165, 1.54) is 6.20 Å². The molecule has 2 heterocycles. The van der Waals surface area contributed by atoms with E-state index in [0.717, 1.165) is 15.6 Å². The molecular formula is C10H12N4O6. The van der Waals surface area contributed by atoms with E-state index in [9.17, 15) is 24.8 Å². The molecule has 2 unspecified atom stereocenters. The van der Waals surface area contributed by atoms with Crippen molar-refractivity contribution in [3.05, 3.63) is 22.4 Å². The molecule has 0 saturated carbocycles. The van der Waals surface area contributed by atoms with Gasteiger partial charge in [0.1, 0.15) is 12.6 Å². The third kappa shape index (κ3) is 2.74. The highest BCUT2D eigenvalue weighted by atomic mass is 16.6. The maximum atomic E-state index is 12.0. The van der Waals surface area contributed by atoms with Crippen molar-refractivity contribution < 1.29 is 24.7 Å². The first-order valence-electron chi connectivity index (χ1n) is 5.76. The zero-order valence-corrected chi connectivity index (χ0v) is 10.2. The van der Waals surface area contributed by atoms with Gasteiger partial charge in [0, 0.05) is 13.0 Å². The first-order valence-corrected chi connectivity index (χ1v) is 5.76. The lowest BCUT2D eigenvalue weighted by molar-refractivity contribution is -0.389. The number of aliphatic hydroxyl groups excluding tert-OH is 1. The Hall–Kier alpha value is -2.49. The van der Waals surface area contributed by atoms with Gasteiger partial charge in [0.05, 0.1) is 23.5 Å². The van der Waals surface area contributed by atoms with Crippen LogP contribution in [0.2, 0.25) is 0 Å². The van der Waals surface area contributed by atoms with E-state index >= 15 is 0 Å². The quantitative estimate of drug-likeness (QED) is 0.525. The number of nitro groups is 1. The third-order valence-electron chi connectivity index (χ3n) is 3.00. The fourth-order valence-electron chi connectivity index (χ4n) is 2.09. The highest BCUT2D eigenvalue weighted by Crippen LogP contribution is 2.19. The predicted molar refractivity (Wildman–Crippen MR) is 62.6 cm³/mol. The summed E-state index contributed by atoms with van der Waals surface area (Å²) < 4.78 is 1.06. The van der Waals surface area contributed by atoms with Crippen LogP contribution in [0, 0.1) is 10.1 Å². The zero-order valence-electron chi connectivity index (χ0n) is 10.2. The molecule has 0 bridgehead atoms. The van der Waals surface area contributed by atoms with Gasteiger partial charge in [-0.1, -0.05) is 0 Å². The molecule has 10 heteroatoms. The van der Waals surface area contributed by atoms with Crippen LogP contribution in [0.3, 0.4) is 0 Å². The Morgan fingerprint density at radius 1 is 1.55 bits per heavy atom. The molecule has 0 radical (unpaired) electrons. The van der Waals surface area contributed by atoms with Crippen LogP contribution in [0.25, 0.3) is 0 Å². The minimum absolute atomic E-state index is 0.0275. The molecule has 1 aromatic heterocycles. The highest BCUT2D eigenvalue weighted by Gasteiger charge is 2.39. The number of aliphatic carboxylic acids is 1. The minimum atomic E-state index is -1.19. The fraction of sp³-hybridized carbons (Fsp3) is 0.500. The van der Waals surface area contributed by atoms with Gasteiger partial charge in [0.15, 0.2) is 0 Å². The second-order valence-electron chi connectivity index (χ2n) is 4.42.